The first-order valence-electron chi connectivity index (χ1n) is 5.35. The molecule has 0 spiro atoms. The highest BCUT2D eigenvalue weighted by Crippen LogP contribution is 2.21. The van der Waals surface area contributed by atoms with Gasteiger partial charge in [-0.25, -0.2) is 0 Å². The van der Waals surface area contributed by atoms with Crippen molar-refractivity contribution in [1.82, 2.24) is 14.8 Å². The van der Waals surface area contributed by atoms with Gasteiger partial charge in [0.15, 0.2) is 0 Å². The minimum Gasteiger partial charge on any atom is -0.258 e. The molecule has 2 rings (SSSR count). The summed E-state index contributed by atoms with van der Waals surface area (Å²) in [6.45, 7) is 8.59. The van der Waals surface area contributed by atoms with Crippen molar-refractivity contribution in [2.45, 2.75) is 39.7 Å². The largest absolute Gasteiger partial charge is 0.258 e. The Hall–Kier alpha value is -1.38. The van der Waals surface area contributed by atoms with E-state index in [0.717, 1.165) is 17.5 Å². The third-order valence-electron chi connectivity index (χ3n) is 2.52. The molecule has 0 unspecified atom stereocenters. The van der Waals surface area contributed by atoms with E-state index in [1.807, 2.05) is 17.1 Å². The van der Waals surface area contributed by atoms with Gasteiger partial charge in [-0.2, -0.15) is 5.10 Å². The average molecular weight is 203 g/mol. The highest BCUT2D eigenvalue weighted by molar-refractivity contribution is 5.74. The first-order chi connectivity index (χ1) is 7.02. The fourth-order valence-corrected chi connectivity index (χ4v) is 1.68. The zero-order valence-corrected chi connectivity index (χ0v) is 9.78. The van der Waals surface area contributed by atoms with Crippen LogP contribution in [0.3, 0.4) is 0 Å². The highest BCUT2D eigenvalue weighted by atomic mass is 15.3. The van der Waals surface area contributed by atoms with Crippen molar-refractivity contribution in [1.29, 1.82) is 0 Å². The van der Waals surface area contributed by atoms with Gasteiger partial charge in [0.05, 0.1) is 17.3 Å². The SMILES string of the molecule is CCc1cnc2cnn(C(C)(C)C)c2c1. The first kappa shape index (κ1) is 10.1. The van der Waals surface area contributed by atoms with Crippen molar-refractivity contribution >= 4 is 11.0 Å². The second-order valence-corrected chi connectivity index (χ2v) is 4.83. The first-order valence-corrected chi connectivity index (χ1v) is 5.35. The number of rotatable bonds is 1. The molecule has 15 heavy (non-hydrogen) atoms. The predicted octanol–water partition coefficient (Wildman–Crippen LogP) is 2.75. The van der Waals surface area contributed by atoms with Gasteiger partial charge in [0.1, 0.15) is 5.52 Å². The van der Waals surface area contributed by atoms with Gasteiger partial charge >= 0.3 is 0 Å². The van der Waals surface area contributed by atoms with Crippen LogP contribution >= 0.6 is 0 Å². The van der Waals surface area contributed by atoms with E-state index >= 15 is 0 Å². The molecule has 80 valence electrons. The van der Waals surface area contributed by atoms with Crippen molar-refractivity contribution in [3.8, 4) is 0 Å². The average Bonchev–Trinajstić information content (AvgIpc) is 2.59. The van der Waals surface area contributed by atoms with Gasteiger partial charge in [0.25, 0.3) is 0 Å². The molecule has 0 bridgehead atoms. The Labute approximate surface area is 90.1 Å². The van der Waals surface area contributed by atoms with Crippen molar-refractivity contribution in [3.63, 3.8) is 0 Å². The van der Waals surface area contributed by atoms with Crippen LogP contribution in [-0.4, -0.2) is 14.8 Å². The molecule has 0 radical (unpaired) electrons. The van der Waals surface area contributed by atoms with Crippen molar-refractivity contribution in [2.75, 3.05) is 0 Å². The molecule has 0 amide bonds. The summed E-state index contributed by atoms with van der Waals surface area (Å²) in [6, 6.07) is 2.18. The van der Waals surface area contributed by atoms with Crippen LogP contribution in [0.1, 0.15) is 33.3 Å². The summed E-state index contributed by atoms with van der Waals surface area (Å²) >= 11 is 0. The highest BCUT2D eigenvalue weighted by Gasteiger charge is 2.17. The van der Waals surface area contributed by atoms with Crippen LogP contribution in [0.2, 0.25) is 0 Å². The minimum atomic E-state index is 0.00972. The smallest absolute Gasteiger partial charge is 0.108 e. The van der Waals surface area contributed by atoms with Crippen LogP contribution in [0.4, 0.5) is 0 Å². The molecule has 0 aliphatic rings. The lowest BCUT2D eigenvalue weighted by molar-refractivity contribution is 0.368. The topological polar surface area (TPSA) is 30.7 Å². The monoisotopic (exact) mass is 203 g/mol. The summed E-state index contributed by atoms with van der Waals surface area (Å²) in [5.74, 6) is 0. The Kier molecular flexibility index (Phi) is 2.25. The maximum absolute atomic E-state index is 4.40. The van der Waals surface area contributed by atoms with E-state index in [4.69, 9.17) is 0 Å². The molecule has 3 nitrogen and oxygen atoms in total. The number of aryl methyl sites for hydroxylation is 1. The van der Waals surface area contributed by atoms with Crippen LogP contribution in [-0.2, 0) is 12.0 Å². The number of nitrogens with zero attached hydrogens (tertiary/aromatic N) is 3. The lowest BCUT2D eigenvalue weighted by Crippen LogP contribution is -2.22. The lowest BCUT2D eigenvalue weighted by Gasteiger charge is -2.20. The molecule has 0 aliphatic carbocycles. The molecule has 2 aromatic rings. The van der Waals surface area contributed by atoms with Crippen molar-refractivity contribution in [2.24, 2.45) is 0 Å². The van der Waals surface area contributed by atoms with E-state index in [0.29, 0.717) is 0 Å². The maximum atomic E-state index is 4.40. The molecule has 0 aliphatic heterocycles. The van der Waals surface area contributed by atoms with Crippen LogP contribution in [0.25, 0.3) is 11.0 Å². The van der Waals surface area contributed by atoms with Crippen LogP contribution in [0, 0.1) is 0 Å². The molecule has 0 aromatic carbocycles. The summed E-state index contributed by atoms with van der Waals surface area (Å²) in [4.78, 5) is 4.40. The minimum absolute atomic E-state index is 0.00972. The number of hydrogen-bond donors (Lipinski definition) is 0. The molecular formula is C12H17N3. The Bertz CT molecular complexity index is 477. The van der Waals surface area contributed by atoms with Crippen LogP contribution in [0.15, 0.2) is 18.5 Å². The summed E-state index contributed by atoms with van der Waals surface area (Å²) in [5, 5.41) is 4.40. The van der Waals surface area contributed by atoms with E-state index in [1.165, 1.54) is 5.56 Å². The van der Waals surface area contributed by atoms with E-state index in [9.17, 15) is 0 Å². The zero-order chi connectivity index (χ0) is 11.1. The van der Waals surface area contributed by atoms with Gasteiger partial charge in [0, 0.05) is 6.20 Å². The fourth-order valence-electron chi connectivity index (χ4n) is 1.68. The van der Waals surface area contributed by atoms with Crippen molar-refractivity contribution in [3.05, 3.63) is 24.0 Å². The van der Waals surface area contributed by atoms with E-state index in [2.05, 4.69) is 43.8 Å². The number of hydrogen-bond acceptors (Lipinski definition) is 2. The third-order valence-corrected chi connectivity index (χ3v) is 2.52. The lowest BCUT2D eigenvalue weighted by atomic mass is 10.1. The molecule has 0 saturated heterocycles. The molecule has 0 saturated carbocycles. The fraction of sp³-hybridized carbons (Fsp3) is 0.500. The van der Waals surface area contributed by atoms with E-state index in [1.54, 1.807) is 0 Å². The second-order valence-electron chi connectivity index (χ2n) is 4.83. The molecule has 0 fully saturated rings. The quantitative estimate of drug-likeness (QED) is 0.713. The maximum Gasteiger partial charge on any atom is 0.108 e. The summed E-state index contributed by atoms with van der Waals surface area (Å²) < 4.78 is 2.04. The Morgan fingerprint density at radius 3 is 2.60 bits per heavy atom. The van der Waals surface area contributed by atoms with E-state index in [-0.39, 0.29) is 5.54 Å². The van der Waals surface area contributed by atoms with Crippen LogP contribution in [0.5, 0.6) is 0 Å². The molecular weight excluding hydrogens is 186 g/mol. The molecule has 0 atom stereocenters. The second kappa shape index (κ2) is 3.33. The standard InChI is InChI=1S/C12H17N3/c1-5-9-6-11-10(13-7-9)8-14-15(11)12(2,3)4/h6-8H,5H2,1-4H3. The molecule has 0 N–H and O–H groups in total. The van der Waals surface area contributed by atoms with Crippen molar-refractivity contribution < 1.29 is 0 Å². The van der Waals surface area contributed by atoms with Gasteiger partial charge in [-0.15, -0.1) is 0 Å². The van der Waals surface area contributed by atoms with Gasteiger partial charge in [-0.3, -0.25) is 9.67 Å². The predicted molar refractivity (Wildman–Crippen MR) is 61.9 cm³/mol. The van der Waals surface area contributed by atoms with Gasteiger partial charge in [0.2, 0.25) is 0 Å². The van der Waals surface area contributed by atoms with Gasteiger partial charge in [-0.05, 0) is 38.8 Å². The number of fused-ring (bicyclic) bond motifs is 1. The Morgan fingerprint density at radius 1 is 1.27 bits per heavy atom. The summed E-state index contributed by atoms with van der Waals surface area (Å²) in [5.41, 5.74) is 3.37. The molecule has 3 heteroatoms. The molecule has 2 aromatic heterocycles. The number of pyridine rings is 1. The van der Waals surface area contributed by atoms with Crippen LogP contribution < -0.4 is 0 Å². The summed E-state index contributed by atoms with van der Waals surface area (Å²) in [7, 11) is 0. The van der Waals surface area contributed by atoms with Gasteiger partial charge in [-0.1, -0.05) is 6.92 Å². The Balaban J connectivity index is 2.67. The van der Waals surface area contributed by atoms with Gasteiger partial charge < -0.3 is 0 Å². The van der Waals surface area contributed by atoms with E-state index < -0.39 is 0 Å². The zero-order valence-electron chi connectivity index (χ0n) is 9.78. The molecule has 2 heterocycles. The third kappa shape index (κ3) is 1.74. The normalized spacial score (nSPS) is 12.3. The number of aromatic nitrogens is 3. The summed E-state index contributed by atoms with van der Waals surface area (Å²) in [6.07, 6.45) is 4.77. The Morgan fingerprint density at radius 2 is 2.00 bits per heavy atom.